The molecule has 0 bridgehead atoms. The summed E-state index contributed by atoms with van der Waals surface area (Å²) in [5.41, 5.74) is 14.3. The number of carbonyl (C=O) groups is 1. The lowest BCUT2D eigenvalue weighted by atomic mass is 9.91. The maximum absolute atomic E-state index is 14.8. The summed E-state index contributed by atoms with van der Waals surface area (Å²) in [6.07, 6.45) is 5.78. The number of halogens is 1. The minimum absolute atomic E-state index is 0.0318. The molecule has 1 saturated carbocycles. The van der Waals surface area contributed by atoms with Crippen molar-refractivity contribution in [2.24, 2.45) is 11.5 Å². The molecule has 0 radical (unpaired) electrons. The molecule has 1 aliphatic rings. The third-order valence-electron chi connectivity index (χ3n) is 6.39. The molecule has 1 amide bonds. The van der Waals surface area contributed by atoms with Gasteiger partial charge in [0, 0.05) is 29.4 Å². The molecule has 0 saturated heterocycles. The lowest BCUT2D eigenvalue weighted by Crippen LogP contribution is -2.43. The Morgan fingerprint density at radius 2 is 1.89 bits per heavy atom. The SMILES string of the molecule is NC(=O)c1cc(F)c(N[C@@H]2CCCC[C@@H]2N)nc1Nc1ccc2cn(Cc3ccccc3)nc2c1. The molecule has 1 fully saturated rings. The van der Waals surface area contributed by atoms with Gasteiger partial charge in [0.1, 0.15) is 5.82 Å². The van der Waals surface area contributed by atoms with Gasteiger partial charge in [-0.05, 0) is 42.7 Å². The van der Waals surface area contributed by atoms with Crippen LogP contribution in [-0.2, 0) is 6.54 Å². The van der Waals surface area contributed by atoms with Crippen molar-refractivity contribution in [3.05, 3.63) is 77.7 Å². The van der Waals surface area contributed by atoms with E-state index in [4.69, 9.17) is 11.5 Å². The fourth-order valence-corrected chi connectivity index (χ4v) is 4.52. The Labute approximate surface area is 202 Å². The zero-order valence-corrected chi connectivity index (χ0v) is 19.2. The number of nitrogens with one attached hydrogen (secondary N) is 2. The number of rotatable bonds is 7. The van der Waals surface area contributed by atoms with E-state index in [2.05, 4.69) is 32.8 Å². The summed E-state index contributed by atoms with van der Waals surface area (Å²) < 4.78 is 16.7. The molecular formula is C26H28FN7O. The number of benzene rings is 2. The second-order valence-electron chi connectivity index (χ2n) is 8.99. The van der Waals surface area contributed by atoms with Crippen molar-refractivity contribution < 1.29 is 9.18 Å². The molecule has 5 rings (SSSR count). The highest BCUT2D eigenvalue weighted by atomic mass is 19.1. The molecule has 2 aromatic carbocycles. The normalized spacial score (nSPS) is 17.9. The number of anilines is 3. The van der Waals surface area contributed by atoms with Crippen LogP contribution in [-0.4, -0.2) is 32.8 Å². The summed E-state index contributed by atoms with van der Waals surface area (Å²) in [6, 6.07) is 16.7. The standard InChI is InChI=1S/C26H28FN7O/c27-20-13-19(24(29)35)25(32-26(20)31-22-9-5-4-8-21(22)28)30-18-11-10-17-15-34(33-23(17)12-18)14-16-6-2-1-3-7-16/h1-3,6-7,10-13,15,21-22H,4-5,8-9,14,28H2,(H2,29,35)(H2,30,31,32)/t21-,22+/m0/s1. The molecule has 4 aromatic rings. The van der Waals surface area contributed by atoms with E-state index in [1.807, 2.05) is 47.3 Å². The minimum Gasteiger partial charge on any atom is -0.365 e. The van der Waals surface area contributed by atoms with Crippen LogP contribution in [0.1, 0.15) is 41.6 Å². The number of carbonyl (C=O) groups excluding carboxylic acids is 1. The first kappa shape index (κ1) is 22.8. The predicted octanol–water partition coefficient (Wildman–Crippen LogP) is 4.14. The molecule has 2 aromatic heterocycles. The monoisotopic (exact) mass is 473 g/mol. The van der Waals surface area contributed by atoms with Crippen molar-refractivity contribution in [2.75, 3.05) is 10.6 Å². The van der Waals surface area contributed by atoms with Gasteiger partial charge >= 0.3 is 0 Å². The fraction of sp³-hybridized carbons (Fsp3) is 0.269. The van der Waals surface area contributed by atoms with E-state index in [1.54, 1.807) is 0 Å². The molecule has 6 N–H and O–H groups in total. The fourth-order valence-electron chi connectivity index (χ4n) is 4.52. The largest absolute Gasteiger partial charge is 0.365 e. The van der Waals surface area contributed by atoms with Crippen LogP contribution in [0.5, 0.6) is 0 Å². The van der Waals surface area contributed by atoms with E-state index >= 15 is 0 Å². The van der Waals surface area contributed by atoms with Crippen LogP contribution in [0, 0.1) is 5.82 Å². The molecule has 0 unspecified atom stereocenters. The van der Waals surface area contributed by atoms with Gasteiger partial charge in [0.2, 0.25) is 0 Å². The third-order valence-corrected chi connectivity index (χ3v) is 6.39. The van der Waals surface area contributed by atoms with Gasteiger partial charge in [0.15, 0.2) is 11.6 Å². The quantitative estimate of drug-likeness (QED) is 0.320. The van der Waals surface area contributed by atoms with Crippen molar-refractivity contribution in [3.8, 4) is 0 Å². The van der Waals surface area contributed by atoms with Crippen molar-refractivity contribution in [1.82, 2.24) is 14.8 Å². The van der Waals surface area contributed by atoms with Crippen LogP contribution in [0.25, 0.3) is 10.9 Å². The van der Waals surface area contributed by atoms with Crippen molar-refractivity contribution >= 4 is 34.1 Å². The van der Waals surface area contributed by atoms with Gasteiger partial charge in [-0.3, -0.25) is 9.48 Å². The van der Waals surface area contributed by atoms with E-state index < -0.39 is 11.7 Å². The van der Waals surface area contributed by atoms with Gasteiger partial charge in [0.05, 0.1) is 17.6 Å². The molecule has 8 nitrogen and oxygen atoms in total. The highest BCUT2D eigenvalue weighted by molar-refractivity contribution is 5.99. The Morgan fingerprint density at radius 3 is 2.66 bits per heavy atom. The lowest BCUT2D eigenvalue weighted by molar-refractivity contribution is 0.100. The molecule has 180 valence electrons. The lowest BCUT2D eigenvalue weighted by Gasteiger charge is -2.30. The number of fused-ring (bicyclic) bond motifs is 1. The number of amides is 1. The van der Waals surface area contributed by atoms with Gasteiger partial charge in [-0.15, -0.1) is 0 Å². The number of hydrogen-bond donors (Lipinski definition) is 4. The highest BCUT2D eigenvalue weighted by Crippen LogP contribution is 2.28. The number of nitrogens with zero attached hydrogens (tertiary/aromatic N) is 3. The first-order valence-electron chi connectivity index (χ1n) is 11.8. The van der Waals surface area contributed by atoms with Gasteiger partial charge in [-0.2, -0.15) is 5.10 Å². The zero-order valence-electron chi connectivity index (χ0n) is 19.2. The van der Waals surface area contributed by atoms with Crippen molar-refractivity contribution in [2.45, 2.75) is 44.3 Å². The molecule has 0 aliphatic heterocycles. The highest BCUT2D eigenvalue weighted by Gasteiger charge is 2.24. The predicted molar refractivity (Wildman–Crippen MR) is 135 cm³/mol. The summed E-state index contributed by atoms with van der Waals surface area (Å²) in [5.74, 6) is -1.19. The average Bonchev–Trinajstić information content (AvgIpc) is 3.24. The Bertz CT molecular complexity index is 1350. The molecule has 2 atom stereocenters. The van der Waals surface area contributed by atoms with Crippen LogP contribution >= 0.6 is 0 Å². The van der Waals surface area contributed by atoms with Gasteiger partial charge < -0.3 is 22.1 Å². The van der Waals surface area contributed by atoms with Gasteiger partial charge in [-0.1, -0.05) is 43.2 Å². The van der Waals surface area contributed by atoms with Crippen molar-refractivity contribution in [3.63, 3.8) is 0 Å². The maximum Gasteiger partial charge on any atom is 0.252 e. The van der Waals surface area contributed by atoms with Crippen LogP contribution in [0.15, 0.2) is 60.8 Å². The zero-order chi connectivity index (χ0) is 24.4. The van der Waals surface area contributed by atoms with Crippen molar-refractivity contribution in [1.29, 1.82) is 0 Å². The topological polar surface area (TPSA) is 124 Å². The first-order chi connectivity index (χ1) is 17.0. The summed E-state index contributed by atoms with van der Waals surface area (Å²) in [4.78, 5) is 16.4. The molecule has 2 heterocycles. The van der Waals surface area contributed by atoms with Crippen LogP contribution in [0.4, 0.5) is 21.7 Å². The van der Waals surface area contributed by atoms with Crippen LogP contribution < -0.4 is 22.1 Å². The van der Waals surface area contributed by atoms with Gasteiger partial charge in [0.25, 0.3) is 5.91 Å². The van der Waals surface area contributed by atoms with E-state index in [1.165, 1.54) is 0 Å². The minimum atomic E-state index is -0.770. The summed E-state index contributed by atoms with van der Waals surface area (Å²) in [6.45, 7) is 0.655. The average molecular weight is 474 g/mol. The van der Waals surface area contributed by atoms with E-state index in [0.29, 0.717) is 12.2 Å². The first-order valence-corrected chi connectivity index (χ1v) is 11.8. The summed E-state index contributed by atoms with van der Waals surface area (Å²) >= 11 is 0. The van der Waals surface area contributed by atoms with Crippen LogP contribution in [0.3, 0.4) is 0 Å². The van der Waals surface area contributed by atoms with E-state index in [0.717, 1.165) is 48.2 Å². The Hall–Kier alpha value is -3.98. The van der Waals surface area contributed by atoms with Gasteiger partial charge in [-0.25, -0.2) is 9.37 Å². The number of aromatic nitrogens is 3. The summed E-state index contributed by atoms with van der Waals surface area (Å²) in [5, 5.41) is 11.9. The summed E-state index contributed by atoms with van der Waals surface area (Å²) in [7, 11) is 0. The van der Waals surface area contributed by atoms with E-state index in [-0.39, 0.29) is 29.3 Å². The molecular weight excluding hydrogens is 445 g/mol. The maximum atomic E-state index is 14.8. The molecule has 0 spiro atoms. The number of hydrogen-bond acceptors (Lipinski definition) is 6. The number of pyridine rings is 1. The second-order valence-corrected chi connectivity index (χ2v) is 8.99. The number of nitrogens with two attached hydrogens (primary N) is 2. The molecule has 35 heavy (non-hydrogen) atoms. The van der Waals surface area contributed by atoms with Crippen LogP contribution in [0.2, 0.25) is 0 Å². The third kappa shape index (κ3) is 5.09. The van der Waals surface area contributed by atoms with E-state index in [9.17, 15) is 9.18 Å². The Morgan fingerprint density at radius 1 is 1.09 bits per heavy atom. The molecule has 1 aliphatic carbocycles. The Balaban J connectivity index is 1.41. The smallest absolute Gasteiger partial charge is 0.252 e. The Kier molecular flexibility index (Phi) is 6.33. The second kappa shape index (κ2) is 9.71. The molecule has 9 heteroatoms. The number of primary amides is 1.